The van der Waals surface area contributed by atoms with E-state index in [9.17, 15) is 5.11 Å². The van der Waals surface area contributed by atoms with E-state index in [4.69, 9.17) is 4.74 Å². The number of aromatic nitrogens is 1. The van der Waals surface area contributed by atoms with Crippen LogP contribution in [0.25, 0.3) is 0 Å². The van der Waals surface area contributed by atoms with Crippen molar-refractivity contribution in [2.45, 2.75) is 26.2 Å². The van der Waals surface area contributed by atoms with E-state index in [0.717, 1.165) is 24.3 Å². The lowest BCUT2D eigenvalue weighted by atomic mass is 9.84. The van der Waals surface area contributed by atoms with Crippen molar-refractivity contribution in [3.05, 3.63) is 16.1 Å². The number of hydrogen-bond donors (Lipinski definition) is 1. The molecule has 2 heterocycles. The smallest absolute Gasteiger partial charge is 0.0936 e. The summed E-state index contributed by atoms with van der Waals surface area (Å²) in [6.45, 7) is 3.71. The molecule has 15 heavy (non-hydrogen) atoms. The Morgan fingerprint density at radius 1 is 1.60 bits per heavy atom. The largest absolute Gasteiger partial charge is 0.396 e. The van der Waals surface area contributed by atoms with Gasteiger partial charge < -0.3 is 9.84 Å². The number of aliphatic hydroxyl groups is 1. The molecule has 0 aliphatic carbocycles. The number of hydrogen-bond acceptors (Lipinski definition) is 4. The second-order valence-electron chi connectivity index (χ2n) is 4.31. The van der Waals surface area contributed by atoms with Crippen molar-refractivity contribution in [1.29, 1.82) is 0 Å². The second-order valence-corrected chi connectivity index (χ2v) is 5.25. The molecule has 0 saturated carbocycles. The zero-order valence-electron chi connectivity index (χ0n) is 9.03. The summed E-state index contributed by atoms with van der Waals surface area (Å²) in [6.07, 6.45) is 3.05. The fourth-order valence-corrected chi connectivity index (χ4v) is 2.76. The Morgan fingerprint density at radius 3 is 2.93 bits per heavy atom. The van der Waals surface area contributed by atoms with Crippen molar-refractivity contribution in [1.82, 2.24) is 4.98 Å². The monoisotopic (exact) mass is 227 g/mol. The maximum Gasteiger partial charge on any atom is 0.0936 e. The molecule has 1 aliphatic heterocycles. The van der Waals surface area contributed by atoms with E-state index in [1.54, 1.807) is 11.3 Å². The number of rotatable bonds is 5. The topological polar surface area (TPSA) is 42.4 Å². The quantitative estimate of drug-likeness (QED) is 0.831. The maximum absolute atomic E-state index is 9.30. The fourth-order valence-electron chi connectivity index (χ4n) is 1.76. The van der Waals surface area contributed by atoms with Gasteiger partial charge >= 0.3 is 0 Å². The molecule has 0 radical (unpaired) electrons. The SMILES string of the molecule is CCCc1csc(CC2(CO)COC2)n1. The van der Waals surface area contributed by atoms with Crippen LogP contribution in [-0.4, -0.2) is 29.9 Å². The van der Waals surface area contributed by atoms with Crippen LogP contribution in [0.5, 0.6) is 0 Å². The van der Waals surface area contributed by atoms with E-state index >= 15 is 0 Å². The van der Waals surface area contributed by atoms with Crippen molar-refractivity contribution in [3.63, 3.8) is 0 Å². The Balaban J connectivity index is 1.97. The van der Waals surface area contributed by atoms with Crippen LogP contribution >= 0.6 is 11.3 Å². The molecule has 1 aromatic heterocycles. The summed E-state index contributed by atoms with van der Waals surface area (Å²) in [5.74, 6) is 0. The lowest BCUT2D eigenvalue weighted by molar-refractivity contribution is -0.136. The van der Waals surface area contributed by atoms with E-state index in [1.807, 2.05) is 0 Å². The fraction of sp³-hybridized carbons (Fsp3) is 0.727. The average molecular weight is 227 g/mol. The highest BCUT2D eigenvalue weighted by Crippen LogP contribution is 2.32. The van der Waals surface area contributed by atoms with Crippen LogP contribution in [0.2, 0.25) is 0 Å². The first-order valence-electron chi connectivity index (χ1n) is 5.40. The third-order valence-electron chi connectivity index (χ3n) is 2.78. The van der Waals surface area contributed by atoms with Gasteiger partial charge in [-0.15, -0.1) is 11.3 Å². The highest BCUT2D eigenvalue weighted by molar-refractivity contribution is 7.09. The molecule has 4 heteroatoms. The van der Waals surface area contributed by atoms with Crippen LogP contribution in [0.1, 0.15) is 24.0 Å². The molecule has 0 spiro atoms. The van der Waals surface area contributed by atoms with Crippen molar-refractivity contribution in [2.75, 3.05) is 19.8 Å². The first-order valence-corrected chi connectivity index (χ1v) is 6.28. The van der Waals surface area contributed by atoms with Gasteiger partial charge in [-0.25, -0.2) is 4.98 Å². The van der Waals surface area contributed by atoms with Gasteiger partial charge in [-0.05, 0) is 6.42 Å². The molecule has 0 bridgehead atoms. The Morgan fingerprint density at radius 2 is 2.40 bits per heavy atom. The Labute approximate surface area is 94.1 Å². The van der Waals surface area contributed by atoms with Crippen LogP contribution in [-0.2, 0) is 17.6 Å². The molecule has 0 aromatic carbocycles. The molecule has 3 nitrogen and oxygen atoms in total. The first-order chi connectivity index (χ1) is 7.28. The third-order valence-corrected chi connectivity index (χ3v) is 3.68. The number of aliphatic hydroxyl groups excluding tert-OH is 1. The lowest BCUT2D eigenvalue weighted by Crippen LogP contribution is -2.47. The van der Waals surface area contributed by atoms with Crippen LogP contribution in [0.3, 0.4) is 0 Å². The first kappa shape index (κ1) is 11.0. The predicted octanol–water partition coefficient (Wildman–Crippen LogP) is 1.65. The van der Waals surface area contributed by atoms with Crippen LogP contribution < -0.4 is 0 Å². The van der Waals surface area contributed by atoms with Gasteiger partial charge in [-0.2, -0.15) is 0 Å². The summed E-state index contributed by atoms with van der Waals surface area (Å²) in [6, 6.07) is 0. The van der Waals surface area contributed by atoms with Crippen LogP contribution in [0.4, 0.5) is 0 Å². The molecule has 1 N–H and O–H groups in total. The van der Waals surface area contributed by atoms with Gasteiger partial charge in [-0.1, -0.05) is 13.3 Å². The molecule has 1 fully saturated rings. The molecule has 1 saturated heterocycles. The molecular weight excluding hydrogens is 210 g/mol. The summed E-state index contributed by atoms with van der Waals surface area (Å²) in [7, 11) is 0. The van der Waals surface area contributed by atoms with Crippen molar-refractivity contribution >= 4 is 11.3 Å². The lowest BCUT2D eigenvalue weighted by Gasteiger charge is -2.39. The number of nitrogens with zero attached hydrogens (tertiary/aromatic N) is 1. The standard InChI is InChI=1S/C11H17NO2S/c1-2-3-9-5-15-10(12-9)4-11(6-13)7-14-8-11/h5,13H,2-4,6-8H2,1H3. The van der Waals surface area contributed by atoms with E-state index in [0.29, 0.717) is 13.2 Å². The highest BCUT2D eigenvalue weighted by Gasteiger charge is 2.38. The number of ether oxygens (including phenoxy) is 1. The third kappa shape index (κ3) is 2.38. The van der Waals surface area contributed by atoms with Gasteiger partial charge in [0.1, 0.15) is 0 Å². The average Bonchev–Trinajstić information content (AvgIpc) is 2.60. The van der Waals surface area contributed by atoms with Crippen LogP contribution in [0, 0.1) is 5.41 Å². The summed E-state index contributed by atoms with van der Waals surface area (Å²) in [5.41, 5.74) is 1.15. The molecule has 1 aliphatic rings. The second kappa shape index (κ2) is 4.60. The van der Waals surface area contributed by atoms with E-state index in [1.165, 1.54) is 5.69 Å². The van der Waals surface area contributed by atoms with Crippen LogP contribution in [0.15, 0.2) is 5.38 Å². The van der Waals surface area contributed by atoms with Gasteiger partial charge in [0.15, 0.2) is 0 Å². The zero-order chi connectivity index (χ0) is 10.7. The summed E-state index contributed by atoms with van der Waals surface area (Å²) in [4.78, 5) is 4.57. The normalized spacial score (nSPS) is 18.8. The molecule has 84 valence electrons. The number of aryl methyl sites for hydroxylation is 1. The van der Waals surface area contributed by atoms with Gasteiger partial charge in [-0.3, -0.25) is 0 Å². The molecular formula is C11H17NO2S. The molecule has 1 aromatic rings. The molecule has 0 atom stereocenters. The van der Waals surface area contributed by atoms with Gasteiger partial charge in [0, 0.05) is 17.2 Å². The van der Waals surface area contributed by atoms with E-state index in [2.05, 4.69) is 17.3 Å². The van der Waals surface area contributed by atoms with Gasteiger partial charge in [0.2, 0.25) is 0 Å². The molecule has 0 unspecified atom stereocenters. The van der Waals surface area contributed by atoms with Gasteiger partial charge in [0.25, 0.3) is 0 Å². The Kier molecular flexibility index (Phi) is 3.38. The minimum absolute atomic E-state index is 0.0403. The number of thiazole rings is 1. The van der Waals surface area contributed by atoms with Crippen molar-refractivity contribution in [3.8, 4) is 0 Å². The van der Waals surface area contributed by atoms with E-state index < -0.39 is 0 Å². The molecule has 2 rings (SSSR count). The summed E-state index contributed by atoms with van der Waals surface area (Å²) >= 11 is 1.70. The highest BCUT2D eigenvalue weighted by atomic mass is 32.1. The molecule has 0 amide bonds. The maximum atomic E-state index is 9.30. The van der Waals surface area contributed by atoms with Crippen molar-refractivity contribution < 1.29 is 9.84 Å². The zero-order valence-corrected chi connectivity index (χ0v) is 9.85. The van der Waals surface area contributed by atoms with Gasteiger partial charge in [0.05, 0.1) is 30.5 Å². The Hall–Kier alpha value is -0.450. The summed E-state index contributed by atoms with van der Waals surface area (Å²) < 4.78 is 5.17. The minimum atomic E-state index is -0.0403. The van der Waals surface area contributed by atoms with E-state index in [-0.39, 0.29) is 12.0 Å². The van der Waals surface area contributed by atoms with Crippen molar-refractivity contribution in [2.24, 2.45) is 5.41 Å². The summed E-state index contributed by atoms with van der Waals surface area (Å²) in [5, 5.41) is 12.6. The minimum Gasteiger partial charge on any atom is -0.396 e. The Bertz CT molecular complexity index is 315. The predicted molar refractivity (Wildman–Crippen MR) is 60.2 cm³/mol.